The zero-order chi connectivity index (χ0) is 14.7. The van der Waals surface area contributed by atoms with Crippen LogP contribution >= 0.6 is 11.6 Å². The minimum absolute atomic E-state index is 0.176. The van der Waals surface area contributed by atoms with Gasteiger partial charge in [0.05, 0.1) is 0 Å². The highest BCUT2D eigenvalue weighted by atomic mass is 35.5. The number of nitrogens with one attached hydrogen (secondary N) is 1. The van der Waals surface area contributed by atoms with Crippen LogP contribution in [0.1, 0.15) is 25.7 Å². The molecule has 0 bridgehead atoms. The summed E-state index contributed by atoms with van der Waals surface area (Å²) in [5, 5.41) is 0.176. The first-order valence-electron chi connectivity index (χ1n) is 7.21. The Hall–Kier alpha value is -1.88. The molecule has 0 saturated carbocycles. The summed E-state index contributed by atoms with van der Waals surface area (Å²) in [6.45, 7) is 1.79. The standard InChI is InChI=1S/C15H17ClN4O/c16-12-14(20-9-3-1-2-4-10-20)18-13(19-15(12)21)11-5-7-17-8-6-11/h5-8H,1-4,9-10H2,(H,18,19,21). The predicted molar refractivity (Wildman–Crippen MR) is 83.8 cm³/mol. The van der Waals surface area contributed by atoms with Crippen LogP contribution in [-0.4, -0.2) is 28.0 Å². The highest BCUT2D eigenvalue weighted by Crippen LogP contribution is 2.25. The first-order valence-corrected chi connectivity index (χ1v) is 7.58. The largest absolute Gasteiger partial charge is 0.355 e. The third-order valence-electron chi connectivity index (χ3n) is 3.70. The molecule has 1 aliphatic rings. The van der Waals surface area contributed by atoms with Gasteiger partial charge in [-0.2, -0.15) is 0 Å². The van der Waals surface area contributed by atoms with Crippen LogP contribution in [-0.2, 0) is 0 Å². The normalized spacial score (nSPS) is 15.8. The van der Waals surface area contributed by atoms with Gasteiger partial charge in [0.15, 0.2) is 5.82 Å². The second-order valence-electron chi connectivity index (χ2n) is 5.19. The van der Waals surface area contributed by atoms with Gasteiger partial charge in [-0.15, -0.1) is 0 Å². The van der Waals surface area contributed by atoms with E-state index in [9.17, 15) is 4.79 Å². The van der Waals surface area contributed by atoms with Gasteiger partial charge in [-0.3, -0.25) is 9.78 Å². The number of nitrogens with zero attached hydrogens (tertiary/aromatic N) is 3. The molecule has 0 unspecified atom stereocenters. The zero-order valence-corrected chi connectivity index (χ0v) is 12.4. The van der Waals surface area contributed by atoms with E-state index in [2.05, 4.69) is 19.9 Å². The van der Waals surface area contributed by atoms with Gasteiger partial charge in [0.2, 0.25) is 0 Å². The van der Waals surface area contributed by atoms with Crippen LogP contribution in [0.5, 0.6) is 0 Å². The molecule has 1 aliphatic heterocycles. The first-order chi connectivity index (χ1) is 10.3. The lowest BCUT2D eigenvalue weighted by Gasteiger charge is -2.22. The average molecular weight is 305 g/mol. The lowest BCUT2D eigenvalue weighted by molar-refractivity contribution is 0.726. The molecule has 0 atom stereocenters. The second-order valence-corrected chi connectivity index (χ2v) is 5.57. The summed E-state index contributed by atoms with van der Waals surface area (Å²) < 4.78 is 0. The smallest absolute Gasteiger partial charge is 0.272 e. The van der Waals surface area contributed by atoms with E-state index < -0.39 is 0 Å². The molecule has 1 N–H and O–H groups in total. The quantitative estimate of drug-likeness (QED) is 0.926. The molecule has 1 fully saturated rings. The minimum Gasteiger partial charge on any atom is -0.355 e. The third-order valence-corrected chi connectivity index (χ3v) is 4.05. The van der Waals surface area contributed by atoms with Crippen molar-refractivity contribution >= 4 is 17.4 Å². The van der Waals surface area contributed by atoms with Gasteiger partial charge in [-0.05, 0) is 25.0 Å². The van der Waals surface area contributed by atoms with E-state index in [1.807, 2.05) is 12.1 Å². The van der Waals surface area contributed by atoms with Crippen LogP contribution in [0, 0.1) is 0 Å². The zero-order valence-electron chi connectivity index (χ0n) is 11.7. The Morgan fingerprint density at radius 1 is 1.10 bits per heavy atom. The molecule has 110 valence electrons. The summed E-state index contributed by atoms with van der Waals surface area (Å²) in [5.41, 5.74) is 0.535. The summed E-state index contributed by atoms with van der Waals surface area (Å²) in [5.74, 6) is 1.13. The molecule has 3 rings (SSSR count). The summed E-state index contributed by atoms with van der Waals surface area (Å²) in [7, 11) is 0. The fourth-order valence-corrected chi connectivity index (χ4v) is 2.79. The van der Waals surface area contributed by atoms with Gasteiger partial charge in [0.1, 0.15) is 10.8 Å². The van der Waals surface area contributed by atoms with Crippen LogP contribution in [0.3, 0.4) is 0 Å². The van der Waals surface area contributed by atoms with Crippen molar-refractivity contribution in [3.8, 4) is 11.4 Å². The summed E-state index contributed by atoms with van der Waals surface area (Å²) in [4.78, 5) is 25.5. The van der Waals surface area contributed by atoms with Gasteiger partial charge in [0.25, 0.3) is 5.56 Å². The van der Waals surface area contributed by atoms with Crippen molar-refractivity contribution in [1.82, 2.24) is 15.0 Å². The molecule has 0 aromatic carbocycles. The third kappa shape index (κ3) is 3.08. The molecule has 1 saturated heterocycles. The van der Waals surface area contributed by atoms with Crippen LogP contribution in [0.2, 0.25) is 5.02 Å². The van der Waals surface area contributed by atoms with E-state index in [4.69, 9.17) is 11.6 Å². The summed E-state index contributed by atoms with van der Waals surface area (Å²) >= 11 is 6.18. The number of anilines is 1. The van der Waals surface area contributed by atoms with Gasteiger partial charge in [-0.1, -0.05) is 24.4 Å². The van der Waals surface area contributed by atoms with E-state index >= 15 is 0 Å². The van der Waals surface area contributed by atoms with Crippen LogP contribution in [0.15, 0.2) is 29.3 Å². The van der Waals surface area contributed by atoms with E-state index in [0.717, 1.165) is 31.5 Å². The van der Waals surface area contributed by atoms with E-state index in [0.29, 0.717) is 11.6 Å². The molecule has 2 aromatic rings. The Kier molecular flexibility index (Phi) is 4.20. The highest BCUT2D eigenvalue weighted by Gasteiger charge is 2.18. The van der Waals surface area contributed by atoms with Gasteiger partial charge >= 0.3 is 0 Å². The predicted octanol–water partition coefficient (Wildman–Crippen LogP) is 2.87. The molecule has 2 aromatic heterocycles. The Morgan fingerprint density at radius 3 is 2.43 bits per heavy atom. The number of hydrogen-bond acceptors (Lipinski definition) is 4. The molecule has 21 heavy (non-hydrogen) atoms. The molecule has 5 nitrogen and oxygen atoms in total. The van der Waals surface area contributed by atoms with Crippen LogP contribution < -0.4 is 10.5 Å². The molecule has 3 heterocycles. The van der Waals surface area contributed by atoms with Gasteiger partial charge < -0.3 is 9.88 Å². The highest BCUT2D eigenvalue weighted by molar-refractivity contribution is 6.32. The number of rotatable bonds is 2. The van der Waals surface area contributed by atoms with Crippen molar-refractivity contribution in [3.63, 3.8) is 0 Å². The topological polar surface area (TPSA) is 61.9 Å². The Balaban J connectivity index is 2.03. The minimum atomic E-state index is -0.294. The number of hydrogen-bond donors (Lipinski definition) is 1. The first kappa shape index (κ1) is 14.1. The number of halogens is 1. The molecular weight excluding hydrogens is 288 g/mol. The number of aromatic nitrogens is 3. The average Bonchev–Trinajstić information content (AvgIpc) is 2.80. The van der Waals surface area contributed by atoms with Crippen molar-refractivity contribution in [2.75, 3.05) is 18.0 Å². The molecule has 0 radical (unpaired) electrons. The number of pyridine rings is 1. The van der Waals surface area contributed by atoms with E-state index in [1.54, 1.807) is 12.4 Å². The number of aromatic amines is 1. The van der Waals surface area contributed by atoms with E-state index in [1.165, 1.54) is 12.8 Å². The molecule has 6 heteroatoms. The fourth-order valence-electron chi connectivity index (χ4n) is 2.59. The molecule has 0 aliphatic carbocycles. The monoisotopic (exact) mass is 304 g/mol. The summed E-state index contributed by atoms with van der Waals surface area (Å²) in [6.07, 6.45) is 8.00. The Labute approximate surface area is 128 Å². The van der Waals surface area contributed by atoms with Crippen molar-refractivity contribution < 1.29 is 0 Å². The fraction of sp³-hybridized carbons (Fsp3) is 0.400. The maximum Gasteiger partial charge on any atom is 0.272 e. The molecular formula is C15H17ClN4O. The summed E-state index contributed by atoms with van der Waals surface area (Å²) in [6, 6.07) is 3.64. The maximum absolute atomic E-state index is 12.1. The molecule has 0 spiro atoms. The molecule has 0 amide bonds. The van der Waals surface area contributed by atoms with Gasteiger partial charge in [-0.25, -0.2) is 4.98 Å². The van der Waals surface area contributed by atoms with Crippen LogP contribution in [0.4, 0.5) is 5.82 Å². The Morgan fingerprint density at radius 2 is 1.76 bits per heavy atom. The lowest BCUT2D eigenvalue weighted by Crippen LogP contribution is -2.28. The van der Waals surface area contributed by atoms with Crippen molar-refractivity contribution in [3.05, 3.63) is 39.9 Å². The van der Waals surface area contributed by atoms with Crippen LogP contribution in [0.25, 0.3) is 11.4 Å². The Bertz CT molecular complexity index is 663. The lowest BCUT2D eigenvalue weighted by atomic mass is 10.2. The number of H-pyrrole nitrogens is 1. The van der Waals surface area contributed by atoms with Crippen molar-refractivity contribution in [2.45, 2.75) is 25.7 Å². The van der Waals surface area contributed by atoms with Gasteiger partial charge in [0, 0.05) is 31.0 Å². The van der Waals surface area contributed by atoms with E-state index in [-0.39, 0.29) is 10.6 Å². The van der Waals surface area contributed by atoms with Crippen molar-refractivity contribution in [1.29, 1.82) is 0 Å². The van der Waals surface area contributed by atoms with Crippen molar-refractivity contribution in [2.24, 2.45) is 0 Å². The maximum atomic E-state index is 12.1. The SMILES string of the molecule is O=c1[nH]c(-c2ccncc2)nc(N2CCCCCC2)c1Cl. The second kappa shape index (κ2) is 6.26.